The summed E-state index contributed by atoms with van der Waals surface area (Å²) >= 11 is 0. The highest BCUT2D eigenvalue weighted by atomic mass is 28.4. The van der Waals surface area contributed by atoms with Gasteiger partial charge in [-0.25, -0.2) is 0 Å². The van der Waals surface area contributed by atoms with Crippen molar-refractivity contribution in [2.45, 2.75) is 92.5 Å². The Morgan fingerprint density at radius 3 is 0.912 bits per heavy atom. The Bertz CT molecular complexity index is 482. The van der Waals surface area contributed by atoms with Crippen molar-refractivity contribution in [3.63, 3.8) is 0 Å². The zero-order chi connectivity index (χ0) is 26.0. The molecule has 0 aromatic carbocycles. The van der Waals surface area contributed by atoms with Gasteiger partial charge in [0.2, 0.25) is 0 Å². The third kappa shape index (κ3) is 10.4. The summed E-state index contributed by atoms with van der Waals surface area (Å²) in [6, 6.07) is 0. The fraction of sp³-hybridized carbons (Fsp3) is 0.909. The maximum atomic E-state index is 12.6. The fourth-order valence-corrected chi connectivity index (χ4v) is 9.05. The van der Waals surface area contributed by atoms with Crippen molar-refractivity contribution in [2.24, 2.45) is 0 Å². The van der Waals surface area contributed by atoms with Crippen LogP contribution in [0.3, 0.4) is 0 Å². The van der Waals surface area contributed by atoms with E-state index in [9.17, 15) is 9.59 Å². The van der Waals surface area contributed by atoms with E-state index >= 15 is 0 Å². The van der Waals surface area contributed by atoms with Crippen molar-refractivity contribution in [3.05, 3.63) is 0 Å². The molecule has 0 saturated carbocycles. The molecule has 202 valence electrons. The fourth-order valence-electron chi connectivity index (χ4n) is 3.47. The minimum Gasteiger partial charge on any atom is -0.458 e. The number of carbonyl (C=O) groups excluding carboxylic acids is 2. The second kappa shape index (κ2) is 18.4. The van der Waals surface area contributed by atoms with Crippen molar-refractivity contribution < 1.29 is 45.6 Å². The molecule has 34 heavy (non-hydrogen) atoms. The summed E-state index contributed by atoms with van der Waals surface area (Å²) in [6.07, 6.45) is 0.636. The van der Waals surface area contributed by atoms with Crippen LogP contribution in [0.1, 0.15) is 81.1 Å². The highest BCUT2D eigenvalue weighted by Gasteiger charge is 2.52. The lowest BCUT2D eigenvalue weighted by Crippen LogP contribution is -2.58. The van der Waals surface area contributed by atoms with Gasteiger partial charge in [0, 0.05) is 39.6 Å². The molecular weight excluding hydrogens is 480 g/mol. The molecule has 0 aromatic rings. The molecule has 0 aliphatic heterocycles. The van der Waals surface area contributed by atoms with Crippen LogP contribution in [0.5, 0.6) is 0 Å². The lowest BCUT2D eigenvalue weighted by molar-refractivity contribution is -0.156. The minimum absolute atomic E-state index is 0.146. The molecule has 0 spiro atoms. The van der Waals surface area contributed by atoms with Crippen LogP contribution in [0.2, 0.25) is 0 Å². The summed E-state index contributed by atoms with van der Waals surface area (Å²) in [6.45, 7) is 17.0. The average Bonchev–Trinajstić information content (AvgIpc) is 2.80. The van der Waals surface area contributed by atoms with Gasteiger partial charge in [-0.05, 0) is 54.4 Å². The monoisotopic (exact) mass is 526 g/mol. The Morgan fingerprint density at radius 2 is 0.735 bits per heavy atom. The van der Waals surface area contributed by atoms with Gasteiger partial charge in [-0.1, -0.05) is 13.8 Å². The van der Waals surface area contributed by atoms with Crippen LogP contribution < -0.4 is 0 Å². The molecule has 0 aromatic heterocycles. The van der Waals surface area contributed by atoms with Gasteiger partial charge in [0.25, 0.3) is 0 Å². The molecule has 0 aliphatic rings. The zero-order valence-electron chi connectivity index (χ0n) is 22.3. The smallest absolute Gasteiger partial charge is 0.458 e. The van der Waals surface area contributed by atoms with E-state index in [0.29, 0.717) is 52.5 Å². The third-order valence-corrected chi connectivity index (χ3v) is 11.5. The summed E-state index contributed by atoms with van der Waals surface area (Å²) in [4.78, 5) is 25.2. The van der Waals surface area contributed by atoms with Crippen LogP contribution in [0, 0.1) is 0 Å². The van der Waals surface area contributed by atoms with Gasteiger partial charge in [-0.2, -0.15) is 0 Å². The first-order valence-electron chi connectivity index (χ1n) is 12.5. The van der Waals surface area contributed by atoms with Crippen LogP contribution in [0.25, 0.3) is 0 Å². The van der Waals surface area contributed by atoms with E-state index in [-0.39, 0.29) is 12.8 Å². The number of carbonyl (C=O) groups is 2. The molecule has 0 amide bonds. The van der Waals surface area contributed by atoms with Crippen LogP contribution in [-0.2, 0) is 45.6 Å². The van der Waals surface area contributed by atoms with Crippen LogP contribution in [-0.4, -0.2) is 80.6 Å². The van der Waals surface area contributed by atoms with Crippen molar-refractivity contribution in [1.29, 1.82) is 0 Å². The molecule has 0 bridgehead atoms. The van der Waals surface area contributed by atoms with E-state index in [0.717, 1.165) is 0 Å². The summed E-state index contributed by atoms with van der Waals surface area (Å²) < 4.78 is 46.4. The van der Waals surface area contributed by atoms with Crippen molar-refractivity contribution >= 4 is 29.5 Å². The molecule has 0 rings (SSSR count). The van der Waals surface area contributed by atoms with Gasteiger partial charge in [0.15, 0.2) is 11.5 Å². The van der Waals surface area contributed by atoms with E-state index in [2.05, 4.69) is 0 Å². The maximum Gasteiger partial charge on any atom is 0.544 e. The van der Waals surface area contributed by atoms with Crippen molar-refractivity contribution in [1.82, 2.24) is 0 Å². The van der Waals surface area contributed by atoms with Crippen LogP contribution in [0.15, 0.2) is 0 Å². The Kier molecular flexibility index (Phi) is 17.9. The van der Waals surface area contributed by atoms with Gasteiger partial charge in [0.1, 0.15) is 0 Å². The lowest BCUT2D eigenvalue weighted by Gasteiger charge is -2.34. The first kappa shape index (κ1) is 33.1. The minimum atomic E-state index is -3.23. The second-order valence-corrected chi connectivity index (χ2v) is 12.5. The molecule has 0 radical (unpaired) electrons. The Balaban J connectivity index is 5.21. The largest absolute Gasteiger partial charge is 0.544 e. The van der Waals surface area contributed by atoms with E-state index in [4.69, 9.17) is 36.0 Å². The van der Waals surface area contributed by atoms with Crippen molar-refractivity contribution in [3.8, 4) is 0 Å². The predicted molar refractivity (Wildman–Crippen MR) is 131 cm³/mol. The Labute approximate surface area is 207 Å². The molecule has 2 unspecified atom stereocenters. The highest BCUT2D eigenvalue weighted by Crippen LogP contribution is 2.23. The van der Waals surface area contributed by atoms with Gasteiger partial charge in [0.05, 0.1) is 12.8 Å². The average molecular weight is 527 g/mol. The summed E-state index contributed by atoms with van der Waals surface area (Å²) in [5.41, 5.74) is -1.32. The Morgan fingerprint density at radius 1 is 0.500 bits per heavy atom. The molecule has 2 atom stereocenters. The highest BCUT2D eigenvalue weighted by molar-refractivity contribution is 6.62. The topological polar surface area (TPSA) is 108 Å². The summed E-state index contributed by atoms with van der Waals surface area (Å²) in [5, 5.41) is 0. The molecule has 12 heteroatoms. The van der Waals surface area contributed by atoms with E-state index in [1.807, 2.05) is 55.4 Å². The first-order chi connectivity index (χ1) is 16.3. The van der Waals surface area contributed by atoms with Gasteiger partial charge < -0.3 is 36.0 Å². The van der Waals surface area contributed by atoms with E-state index in [1.165, 1.54) is 0 Å². The third-order valence-electron chi connectivity index (χ3n) is 4.68. The van der Waals surface area contributed by atoms with E-state index in [1.54, 1.807) is 0 Å². The van der Waals surface area contributed by atoms with Gasteiger partial charge in [-0.3, -0.25) is 9.59 Å². The summed E-state index contributed by atoms with van der Waals surface area (Å²) in [5.74, 6) is -1.09. The number of rotatable bonds is 21. The molecule has 10 nitrogen and oxygen atoms in total. The maximum absolute atomic E-state index is 12.6. The van der Waals surface area contributed by atoms with E-state index < -0.39 is 41.0 Å². The Hall–Kier alpha value is -0.866. The first-order valence-corrected chi connectivity index (χ1v) is 16.1. The zero-order valence-corrected chi connectivity index (χ0v) is 24.3. The SMILES string of the molecule is CCO[Si](OCC)(OCC)C(CC)OC(=O)CCC(=O)OC(CC)[Si](OCC)(OCC)OCC. The normalized spacial score (nSPS) is 14.0. The number of ether oxygens (including phenoxy) is 2. The molecule has 0 fully saturated rings. The molecule has 0 heterocycles. The molecular formula is C22H46O10Si2. The molecule has 0 N–H and O–H groups in total. The van der Waals surface area contributed by atoms with Gasteiger partial charge >= 0.3 is 29.5 Å². The standard InChI is InChI=1S/C22H46O10Si2/c1-9-21(33(25-11-3,26-12-4)27-13-5)31-19(23)17-18-20(24)32-22(10-2)34(28-14-6,29-15-7)30-16-8/h21-22H,9-18H2,1-8H3. The lowest BCUT2D eigenvalue weighted by atomic mass is 10.3. The molecule has 0 saturated heterocycles. The molecule has 0 aliphatic carbocycles. The van der Waals surface area contributed by atoms with Crippen LogP contribution >= 0.6 is 0 Å². The second-order valence-electron chi connectivity index (χ2n) is 7.08. The predicted octanol–water partition coefficient (Wildman–Crippen LogP) is 3.59. The van der Waals surface area contributed by atoms with Crippen molar-refractivity contribution in [2.75, 3.05) is 39.6 Å². The number of hydrogen-bond acceptors (Lipinski definition) is 10. The van der Waals surface area contributed by atoms with Gasteiger partial charge in [-0.15, -0.1) is 0 Å². The summed E-state index contributed by atoms with van der Waals surface area (Å²) in [7, 11) is -6.46. The number of esters is 2. The number of hydrogen-bond donors (Lipinski definition) is 0. The quantitative estimate of drug-likeness (QED) is 0.163. The van der Waals surface area contributed by atoms with Crippen LogP contribution in [0.4, 0.5) is 0 Å².